The quantitative estimate of drug-likeness (QED) is 0.709. The Morgan fingerprint density at radius 2 is 2.17 bits per heavy atom. The molecule has 1 atom stereocenters. The van der Waals surface area contributed by atoms with Crippen LogP contribution in [0, 0.1) is 0 Å². The molecule has 1 aromatic carbocycles. The molecule has 0 saturated carbocycles. The Hall–Kier alpha value is -3.26. The van der Waals surface area contributed by atoms with Crippen LogP contribution in [0.3, 0.4) is 0 Å². The van der Waals surface area contributed by atoms with Crippen molar-refractivity contribution in [3.63, 3.8) is 0 Å². The molecule has 0 unspecified atom stereocenters. The maximum Gasteiger partial charge on any atom is 0.289 e. The Balaban J connectivity index is 1.37. The fourth-order valence-corrected chi connectivity index (χ4v) is 4.15. The van der Waals surface area contributed by atoms with E-state index in [9.17, 15) is 4.79 Å². The highest BCUT2D eigenvalue weighted by Crippen LogP contribution is 2.39. The molecule has 8 nitrogen and oxygen atoms in total. The lowest BCUT2D eigenvalue weighted by atomic mass is 9.80. The van der Waals surface area contributed by atoms with Crippen molar-refractivity contribution >= 4 is 11.9 Å². The topological polar surface area (TPSA) is 96.0 Å². The number of ether oxygens (including phenoxy) is 1. The minimum atomic E-state index is -0.304. The molecule has 1 spiro atoms. The van der Waals surface area contributed by atoms with E-state index in [-0.39, 0.29) is 11.3 Å². The minimum absolute atomic E-state index is 0.0875. The van der Waals surface area contributed by atoms with Crippen LogP contribution < -0.4 is 5.32 Å². The first-order chi connectivity index (χ1) is 14.2. The molecular formula is C21H22N6O2. The molecule has 2 N–H and O–H groups in total. The van der Waals surface area contributed by atoms with E-state index in [0.717, 1.165) is 17.7 Å². The molecule has 1 saturated heterocycles. The number of benzene rings is 1. The molecule has 0 bridgehead atoms. The van der Waals surface area contributed by atoms with Gasteiger partial charge in [-0.05, 0) is 12.0 Å². The number of aromatic amines is 1. The fraction of sp³-hybridized carbons (Fsp3) is 0.333. The summed E-state index contributed by atoms with van der Waals surface area (Å²) < 4.78 is 5.86. The van der Waals surface area contributed by atoms with Crippen molar-refractivity contribution in [1.82, 2.24) is 24.8 Å². The molecule has 29 heavy (non-hydrogen) atoms. The van der Waals surface area contributed by atoms with E-state index in [0.29, 0.717) is 44.6 Å². The van der Waals surface area contributed by atoms with Gasteiger partial charge < -0.3 is 19.9 Å². The highest BCUT2D eigenvalue weighted by Gasteiger charge is 2.46. The van der Waals surface area contributed by atoms with Gasteiger partial charge in [-0.2, -0.15) is 0 Å². The van der Waals surface area contributed by atoms with E-state index in [1.54, 1.807) is 12.4 Å². The lowest BCUT2D eigenvalue weighted by Crippen LogP contribution is -2.42. The number of carbonyl (C=O) groups excluding carboxylic acids is 1. The predicted molar refractivity (Wildman–Crippen MR) is 106 cm³/mol. The monoisotopic (exact) mass is 390 g/mol. The van der Waals surface area contributed by atoms with Crippen molar-refractivity contribution in [2.75, 3.05) is 25.0 Å². The van der Waals surface area contributed by atoms with Gasteiger partial charge in [0.1, 0.15) is 0 Å². The van der Waals surface area contributed by atoms with Gasteiger partial charge in [0.2, 0.25) is 5.95 Å². The number of aromatic nitrogens is 4. The van der Waals surface area contributed by atoms with Crippen LogP contribution in [0.25, 0.3) is 0 Å². The van der Waals surface area contributed by atoms with Crippen LogP contribution in [0.1, 0.15) is 33.9 Å². The summed E-state index contributed by atoms with van der Waals surface area (Å²) in [4.78, 5) is 30.9. The molecule has 5 rings (SSSR count). The van der Waals surface area contributed by atoms with E-state index >= 15 is 0 Å². The summed E-state index contributed by atoms with van der Waals surface area (Å²) in [6.45, 7) is 2.93. The first-order valence-electron chi connectivity index (χ1n) is 9.74. The van der Waals surface area contributed by atoms with E-state index in [2.05, 4.69) is 32.4 Å². The number of imidazole rings is 1. The molecule has 2 aromatic heterocycles. The third-order valence-corrected chi connectivity index (χ3v) is 5.64. The number of hydrogen-bond donors (Lipinski definition) is 2. The number of amides is 1. The third-order valence-electron chi connectivity index (χ3n) is 5.64. The Morgan fingerprint density at radius 1 is 1.28 bits per heavy atom. The van der Waals surface area contributed by atoms with Gasteiger partial charge in [-0.15, -0.1) is 0 Å². The van der Waals surface area contributed by atoms with Crippen LogP contribution in [-0.2, 0) is 23.3 Å². The predicted octanol–water partition coefficient (Wildman–Crippen LogP) is 2.13. The van der Waals surface area contributed by atoms with Crippen molar-refractivity contribution in [3.8, 4) is 0 Å². The Labute approximate surface area is 168 Å². The van der Waals surface area contributed by atoms with E-state index < -0.39 is 0 Å². The van der Waals surface area contributed by atoms with Crippen LogP contribution >= 0.6 is 0 Å². The zero-order chi connectivity index (χ0) is 19.7. The van der Waals surface area contributed by atoms with Crippen LogP contribution in [0.2, 0.25) is 0 Å². The Morgan fingerprint density at radius 3 is 3.00 bits per heavy atom. The first kappa shape index (κ1) is 17.8. The van der Waals surface area contributed by atoms with Crippen LogP contribution in [0.15, 0.2) is 48.9 Å². The molecule has 4 heterocycles. The Bertz CT molecular complexity index is 1010. The van der Waals surface area contributed by atoms with Crippen molar-refractivity contribution in [3.05, 3.63) is 71.6 Å². The lowest BCUT2D eigenvalue weighted by Gasteiger charge is -2.34. The molecule has 1 fully saturated rings. The maximum absolute atomic E-state index is 12.7. The van der Waals surface area contributed by atoms with Gasteiger partial charge in [-0.1, -0.05) is 30.3 Å². The molecule has 2 aliphatic heterocycles. The van der Waals surface area contributed by atoms with Crippen LogP contribution in [0.4, 0.5) is 5.95 Å². The average molecular weight is 390 g/mol. The fourth-order valence-electron chi connectivity index (χ4n) is 4.15. The summed E-state index contributed by atoms with van der Waals surface area (Å²) in [5.41, 5.74) is 2.85. The number of H-pyrrole nitrogens is 1. The van der Waals surface area contributed by atoms with Gasteiger partial charge >= 0.3 is 0 Å². The number of likely N-dealkylation sites (tertiary alicyclic amines) is 1. The molecule has 1 amide bonds. The second kappa shape index (κ2) is 7.29. The smallest absolute Gasteiger partial charge is 0.289 e. The van der Waals surface area contributed by atoms with Gasteiger partial charge in [0.25, 0.3) is 5.91 Å². The molecule has 8 heteroatoms. The molecule has 2 aliphatic rings. The second-order valence-corrected chi connectivity index (χ2v) is 7.59. The Kier molecular flexibility index (Phi) is 4.48. The van der Waals surface area contributed by atoms with Crippen molar-refractivity contribution < 1.29 is 9.53 Å². The second-order valence-electron chi connectivity index (χ2n) is 7.59. The highest BCUT2D eigenvalue weighted by atomic mass is 16.5. The van der Waals surface area contributed by atoms with Gasteiger partial charge in [0, 0.05) is 43.8 Å². The highest BCUT2D eigenvalue weighted by molar-refractivity contribution is 5.90. The van der Waals surface area contributed by atoms with Crippen molar-refractivity contribution in [1.29, 1.82) is 0 Å². The average Bonchev–Trinajstić information content (AvgIpc) is 3.44. The number of anilines is 1. The van der Waals surface area contributed by atoms with Crippen molar-refractivity contribution in [2.24, 2.45) is 0 Å². The maximum atomic E-state index is 12.7. The summed E-state index contributed by atoms with van der Waals surface area (Å²) in [6.07, 6.45) is 5.90. The number of rotatable bonds is 4. The summed E-state index contributed by atoms with van der Waals surface area (Å²) in [5.74, 6) is 0.882. The largest absolute Gasteiger partial charge is 0.376 e. The van der Waals surface area contributed by atoms with E-state index in [4.69, 9.17) is 9.72 Å². The van der Waals surface area contributed by atoms with E-state index in [1.165, 1.54) is 5.56 Å². The minimum Gasteiger partial charge on any atom is -0.376 e. The lowest BCUT2D eigenvalue weighted by molar-refractivity contribution is 0.0483. The SMILES string of the molecule is O=C(c1ncc[nH]1)N1CC[C@@]2(COCc3cnc(NCc4ccccc4)nc32)C1. The normalized spacial score (nSPS) is 20.6. The zero-order valence-corrected chi connectivity index (χ0v) is 16.0. The molecule has 3 aromatic rings. The standard InChI is InChI=1S/C21H22N6O2/c28-19(18-22-7-8-23-18)27-9-6-21(13-27)14-29-12-16-11-25-20(26-17(16)21)24-10-15-4-2-1-3-5-15/h1-5,7-8,11H,6,9-10,12-14H2,(H,22,23)(H,24,25,26)/t21-/m0/s1. The van der Waals surface area contributed by atoms with Crippen LogP contribution in [-0.4, -0.2) is 50.4 Å². The summed E-state index contributed by atoms with van der Waals surface area (Å²) in [6, 6.07) is 10.2. The number of nitrogens with zero attached hydrogens (tertiary/aromatic N) is 4. The summed E-state index contributed by atoms with van der Waals surface area (Å²) in [7, 11) is 0. The molecule has 148 valence electrons. The first-order valence-corrected chi connectivity index (χ1v) is 9.74. The number of nitrogens with one attached hydrogen (secondary N) is 2. The van der Waals surface area contributed by atoms with Gasteiger partial charge in [0.15, 0.2) is 5.82 Å². The van der Waals surface area contributed by atoms with Crippen LogP contribution in [0.5, 0.6) is 0 Å². The number of carbonyl (C=O) groups is 1. The molecular weight excluding hydrogens is 368 g/mol. The summed E-state index contributed by atoms with van der Waals surface area (Å²) >= 11 is 0. The van der Waals surface area contributed by atoms with Crippen molar-refractivity contribution in [2.45, 2.75) is 25.0 Å². The zero-order valence-electron chi connectivity index (χ0n) is 16.0. The number of hydrogen-bond acceptors (Lipinski definition) is 6. The van der Waals surface area contributed by atoms with Gasteiger partial charge in [-0.3, -0.25) is 4.79 Å². The van der Waals surface area contributed by atoms with E-state index in [1.807, 2.05) is 29.3 Å². The molecule has 0 radical (unpaired) electrons. The van der Waals surface area contributed by atoms with Gasteiger partial charge in [-0.25, -0.2) is 15.0 Å². The number of fused-ring (bicyclic) bond motifs is 2. The van der Waals surface area contributed by atoms with Gasteiger partial charge in [0.05, 0.1) is 24.3 Å². The summed E-state index contributed by atoms with van der Waals surface area (Å²) in [5, 5.41) is 3.32. The third kappa shape index (κ3) is 3.36. The molecule has 0 aliphatic carbocycles.